The highest BCUT2D eigenvalue weighted by Gasteiger charge is 2.14. The Morgan fingerprint density at radius 1 is 1.31 bits per heavy atom. The van der Waals surface area contributed by atoms with Crippen molar-refractivity contribution in [3.05, 3.63) is 41.7 Å². The van der Waals surface area contributed by atoms with Crippen LogP contribution in [-0.4, -0.2) is 49.2 Å². The van der Waals surface area contributed by atoms with Gasteiger partial charge in [-0.05, 0) is 18.5 Å². The number of aryl methyl sites for hydroxylation is 1. The van der Waals surface area contributed by atoms with Crippen LogP contribution in [0.1, 0.15) is 23.0 Å². The molecule has 0 fully saturated rings. The monoisotopic (exact) mass is 373 g/mol. The molecule has 142 valence electrons. The summed E-state index contributed by atoms with van der Waals surface area (Å²) < 4.78 is 7.75. The van der Waals surface area contributed by atoms with Crippen LogP contribution in [-0.2, 0) is 17.9 Å². The van der Waals surface area contributed by atoms with Gasteiger partial charge in [-0.1, -0.05) is 38.7 Å². The number of nitrogens with zero attached hydrogens (tertiary/aromatic N) is 3. The van der Waals surface area contributed by atoms with Gasteiger partial charge in [0.05, 0.1) is 11.2 Å². The van der Waals surface area contributed by atoms with E-state index in [1.54, 1.807) is 12.3 Å². The molecular formula is C20H31N3O2Si. The molecular weight excluding hydrogens is 342 g/mol. The minimum atomic E-state index is -1.10. The Bertz CT molecular complexity index is 788. The summed E-state index contributed by atoms with van der Waals surface area (Å²) in [5.74, 6) is -0.00829. The Labute approximate surface area is 157 Å². The van der Waals surface area contributed by atoms with Crippen LogP contribution in [0.3, 0.4) is 0 Å². The van der Waals surface area contributed by atoms with Crippen molar-refractivity contribution < 1.29 is 9.53 Å². The van der Waals surface area contributed by atoms with Gasteiger partial charge in [0.15, 0.2) is 5.78 Å². The highest BCUT2D eigenvalue weighted by atomic mass is 28.3. The Morgan fingerprint density at radius 3 is 2.65 bits per heavy atom. The van der Waals surface area contributed by atoms with Gasteiger partial charge >= 0.3 is 0 Å². The first-order chi connectivity index (χ1) is 12.2. The molecule has 1 heterocycles. The third kappa shape index (κ3) is 5.54. The topological polar surface area (TPSA) is 47.4 Å². The number of aromatic nitrogens is 2. The molecule has 0 radical (unpaired) electrons. The number of allylic oxidation sites excluding steroid dienone is 1. The molecule has 0 atom stereocenters. The van der Waals surface area contributed by atoms with Crippen molar-refractivity contribution in [3.63, 3.8) is 0 Å². The maximum atomic E-state index is 12.4. The van der Waals surface area contributed by atoms with Gasteiger partial charge in [0.1, 0.15) is 6.73 Å². The van der Waals surface area contributed by atoms with Gasteiger partial charge < -0.3 is 9.64 Å². The van der Waals surface area contributed by atoms with E-state index in [9.17, 15) is 4.79 Å². The van der Waals surface area contributed by atoms with Crippen LogP contribution in [0.5, 0.6) is 0 Å². The maximum Gasteiger partial charge on any atom is 0.187 e. The Balaban J connectivity index is 2.23. The summed E-state index contributed by atoms with van der Waals surface area (Å²) in [6, 6.07) is 6.93. The molecule has 0 aliphatic heterocycles. The molecule has 26 heavy (non-hydrogen) atoms. The summed E-state index contributed by atoms with van der Waals surface area (Å²) in [5.41, 5.74) is 2.66. The highest BCUT2D eigenvalue weighted by molar-refractivity contribution is 6.76. The first kappa shape index (κ1) is 20.4. The largest absolute Gasteiger partial charge is 0.383 e. The smallest absolute Gasteiger partial charge is 0.187 e. The van der Waals surface area contributed by atoms with Crippen LogP contribution in [0.4, 0.5) is 0 Å². The summed E-state index contributed by atoms with van der Waals surface area (Å²) in [5, 5.41) is 5.77. The first-order valence-corrected chi connectivity index (χ1v) is 12.9. The van der Waals surface area contributed by atoms with Crippen molar-refractivity contribution >= 4 is 24.8 Å². The molecule has 6 heteroatoms. The van der Waals surface area contributed by atoms with Crippen LogP contribution >= 0.6 is 0 Å². The summed E-state index contributed by atoms with van der Waals surface area (Å²) in [6.07, 6.45) is 4.21. The number of ether oxygens (including phenoxy) is 1. The molecule has 0 saturated heterocycles. The van der Waals surface area contributed by atoms with Gasteiger partial charge in [-0.25, -0.2) is 4.68 Å². The number of carbonyl (C=O) groups is 1. The molecule has 1 aromatic heterocycles. The van der Waals surface area contributed by atoms with Crippen LogP contribution in [0.15, 0.2) is 30.5 Å². The highest BCUT2D eigenvalue weighted by Crippen LogP contribution is 2.22. The quantitative estimate of drug-likeness (QED) is 0.286. The lowest BCUT2D eigenvalue weighted by Crippen LogP contribution is -2.22. The standard InChI is InChI=1S/C20H31N3O2Si/c1-7-18-17-9-8-16(20(24)10-11-22(2)3)14-19(17)23(21-18)15-25-12-13-26(4,5)6/h8-11,14H,7,12-13,15H2,1-6H3. The van der Waals surface area contributed by atoms with Crippen molar-refractivity contribution in [1.29, 1.82) is 0 Å². The summed E-state index contributed by atoms with van der Waals surface area (Å²) in [4.78, 5) is 14.2. The van der Waals surface area contributed by atoms with Gasteiger partial charge in [-0.3, -0.25) is 4.79 Å². The summed E-state index contributed by atoms with van der Waals surface area (Å²) >= 11 is 0. The van der Waals surface area contributed by atoms with Crippen LogP contribution in [0.25, 0.3) is 10.9 Å². The van der Waals surface area contributed by atoms with Crippen molar-refractivity contribution in [2.24, 2.45) is 0 Å². The van der Waals surface area contributed by atoms with E-state index in [4.69, 9.17) is 4.74 Å². The van der Waals surface area contributed by atoms with Crippen LogP contribution in [0, 0.1) is 0 Å². The number of carbonyl (C=O) groups excluding carboxylic acids is 1. The zero-order valence-electron chi connectivity index (χ0n) is 16.9. The first-order valence-electron chi connectivity index (χ1n) is 9.17. The van der Waals surface area contributed by atoms with E-state index in [0.29, 0.717) is 12.3 Å². The second-order valence-electron chi connectivity index (χ2n) is 8.02. The van der Waals surface area contributed by atoms with E-state index < -0.39 is 8.07 Å². The lowest BCUT2D eigenvalue weighted by molar-refractivity contribution is 0.0814. The summed E-state index contributed by atoms with van der Waals surface area (Å²) in [6.45, 7) is 10.3. The van der Waals surface area contributed by atoms with Gasteiger partial charge in [-0.2, -0.15) is 5.10 Å². The molecule has 5 nitrogen and oxygen atoms in total. The molecule has 0 amide bonds. The number of hydrogen-bond donors (Lipinski definition) is 0. The van der Waals surface area contributed by atoms with Crippen LogP contribution in [0.2, 0.25) is 25.7 Å². The van der Waals surface area contributed by atoms with Crippen molar-refractivity contribution in [2.45, 2.75) is 45.8 Å². The number of fused-ring (bicyclic) bond motifs is 1. The molecule has 0 spiro atoms. The van der Waals surface area contributed by atoms with Gasteiger partial charge in [0.2, 0.25) is 0 Å². The van der Waals surface area contributed by atoms with E-state index in [2.05, 4.69) is 31.7 Å². The van der Waals surface area contributed by atoms with Crippen molar-refractivity contribution in [2.75, 3.05) is 20.7 Å². The molecule has 0 unspecified atom stereocenters. The predicted octanol–water partition coefficient (Wildman–Crippen LogP) is 4.17. The predicted molar refractivity (Wildman–Crippen MR) is 110 cm³/mol. The zero-order chi connectivity index (χ0) is 19.3. The molecule has 0 bridgehead atoms. The third-order valence-electron chi connectivity index (χ3n) is 4.18. The molecule has 0 aliphatic rings. The van der Waals surface area contributed by atoms with E-state index in [0.717, 1.165) is 35.7 Å². The minimum absolute atomic E-state index is 0.00829. The third-order valence-corrected chi connectivity index (χ3v) is 5.89. The van der Waals surface area contributed by atoms with E-state index in [1.807, 2.05) is 41.9 Å². The van der Waals surface area contributed by atoms with Crippen molar-refractivity contribution in [1.82, 2.24) is 14.7 Å². The molecule has 0 saturated carbocycles. The number of hydrogen-bond acceptors (Lipinski definition) is 4. The Kier molecular flexibility index (Phi) is 6.78. The minimum Gasteiger partial charge on any atom is -0.383 e. The number of benzene rings is 1. The van der Waals surface area contributed by atoms with E-state index in [1.165, 1.54) is 0 Å². The second kappa shape index (κ2) is 8.64. The number of rotatable bonds is 9. The molecule has 2 rings (SSSR count). The zero-order valence-corrected chi connectivity index (χ0v) is 17.9. The average molecular weight is 374 g/mol. The lowest BCUT2D eigenvalue weighted by atomic mass is 10.1. The molecule has 0 N–H and O–H groups in total. The Hall–Kier alpha value is -1.92. The van der Waals surface area contributed by atoms with Gasteiger partial charge in [-0.15, -0.1) is 0 Å². The van der Waals surface area contributed by atoms with E-state index >= 15 is 0 Å². The fourth-order valence-electron chi connectivity index (χ4n) is 2.60. The molecule has 0 aliphatic carbocycles. The van der Waals surface area contributed by atoms with Crippen molar-refractivity contribution in [3.8, 4) is 0 Å². The molecule has 2 aromatic rings. The van der Waals surface area contributed by atoms with Gasteiger partial charge in [0.25, 0.3) is 0 Å². The lowest BCUT2D eigenvalue weighted by Gasteiger charge is -2.15. The molecule has 1 aromatic carbocycles. The fourth-order valence-corrected chi connectivity index (χ4v) is 3.35. The normalized spacial score (nSPS) is 12.2. The fraction of sp³-hybridized carbons (Fsp3) is 0.500. The van der Waals surface area contributed by atoms with Gasteiger partial charge in [0, 0.05) is 52.0 Å². The van der Waals surface area contributed by atoms with Crippen LogP contribution < -0.4 is 0 Å². The average Bonchev–Trinajstić information content (AvgIpc) is 2.93. The SMILES string of the molecule is CCc1nn(COCC[Si](C)(C)C)c2cc(C(=O)C=CN(C)C)ccc12. The van der Waals surface area contributed by atoms with E-state index in [-0.39, 0.29) is 5.78 Å². The maximum absolute atomic E-state index is 12.4. The Morgan fingerprint density at radius 2 is 2.04 bits per heavy atom. The number of ketones is 1. The second-order valence-corrected chi connectivity index (χ2v) is 13.6. The summed E-state index contributed by atoms with van der Waals surface area (Å²) in [7, 11) is 2.69.